The molecule has 0 aromatic heterocycles. The average molecular weight is 309 g/mol. The first kappa shape index (κ1) is 14.5. The lowest BCUT2D eigenvalue weighted by molar-refractivity contribution is -0.136. The van der Waals surface area contributed by atoms with E-state index in [0.717, 1.165) is 28.0 Å². The molecular formula is C13H11NO4S2. The van der Waals surface area contributed by atoms with Gasteiger partial charge in [0.15, 0.2) is 0 Å². The van der Waals surface area contributed by atoms with Gasteiger partial charge in [-0.2, -0.15) is 0 Å². The summed E-state index contributed by atoms with van der Waals surface area (Å²) in [5, 5.41) is 8.38. The van der Waals surface area contributed by atoms with Crippen molar-refractivity contribution in [3.8, 4) is 5.75 Å². The van der Waals surface area contributed by atoms with Crippen LogP contribution in [-0.2, 0) is 4.79 Å². The van der Waals surface area contributed by atoms with E-state index in [1.807, 2.05) is 12.1 Å². The Labute approximate surface area is 125 Å². The maximum absolute atomic E-state index is 11.7. The van der Waals surface area contributed by atoms with Crippen LogP contribution in [0, 0.1) is 0 Å². The molecule has 1 N–H and O–H groups in total. The first-order valence-electron chi connectivity index (χ1n) is 5.62. The third-order valence-electron chi connectivity index (χ3n) is 2.58. The standard InChI is InChI=1S/C13H11NO4S2/c1-18-9-4-2-8(3-5-9)6-10-12(19)14(7-11(15)16)13(17)20-10/h2-6H,7H2,1H3,(H,15,16). The van der Waals surface area contributed by atoms with Crippen LogP contribution in [0.3, 0.4) is 0 Å². The van der Waals surface area contributed by atoms with E-state index in [1.165, 1.54) is 0 Å². The minimum absolute atomic E-state index is 0.248. The van der Waals surface area contributed by atoms with Crippen LogP contribution < -0.4 is 4.74 Å². The summed E-state index contributed by atoms with van der Waals surface area (Å²) in [7, 11) is 1.58. The zero-order valence-corrected chi connectivity index (χ0v) is 12.2. The van der Waals surface area contributed by atoms with Crippen molar-refractivity contribution in [1.29, 1.82) is 0 Å². The van der Waals surface area contributed by atoms with Crippen LogP contribution in [0.2, 0.25) is 0 Å². The molecule has 1 aliphatic rings. The van der Waals surface area contributed by atoms with Gasteiger partial charge in [0.25, 0.3) is 5.24 Å². The first-order valence-corrected chi connectivity index (χ1v) is 6.85. The van der Waals surface area contributed by atoms with Crippen molar-refractivity contribution in [1.82, 2.24) is 4.90 Å². The summed E-state index contributed by atoms with van der Waals surface area (Å²) in [5.41, 5.74) is 0.862. The highest BCUT2D eigenvalue weighted by molar-refractivity contribution is 8.19. The highest BCUT2D eigenvalue weighted by Crippen LogP contribution is 2.33. The topological polar surface area (TPSA) is 66.8 Å². The number of ether oxygens (including phenoxy) is 1. The summed E-state index contributed by atoms with van der Waals surface area (Å²) >= 11 is 6.07. The van der Waals surface area contributed by atoms with E-state index in [1.54, 1.807) is 25.3 Å². The minimum Gasteiger partial charge on any atom is -0.497 e. The molecule has 20 heavy (non-hydrogen) atoms. The molecular weight excluding hydrogens is 298 g/mol. The van der Waals surface area contributed by atoms with Gasteiger partial charge in [0, 0.05) is 0 Å². The maximum atomic E-state index is 11.7. The van der Waals surface area contributed by atoms with Gasteiger partial charge in [-0.15, -0.1) is 0 Å². The lowest BCUT2D eigenvalue weighted by Crippen LogP contribution is -2.32. The number of carbonyl (C=O) groups excluding carboxylic acids is 1. The van der Waals surface area contributed by atoms with Gasteiger partial charge in [-0.25, -0.2) is 0 Å². The van der Waals surface area contributed by atoms with Gasteiger partial charge in [0.2, 0.25) is 0 Å². The number of carbonyl (C=O) groups is 2. The van der Waals surface area contributed by atoms with Crippen molar-refractivity contribution in [2.24, 2.45) is 0 Å². The van der Waals surface area contributed by atoms with Crippen LogP contribution in [0.1, 0.15) is 5.56 Å². The van der Waals surface area contributed by atoms with Crippen LogP contribution in [0.4, 0.5) is 4.79 Å². The second-order valence-electron chi connectivity index (χ2n) is 3.93. The Morgan fingerprint density at radius 1 is 1.45 bits per heavy atom. The van der Waals surface area contributed by atoms with E-state index < -0.39 is 12.5 Å². The average Bonchev–Trinajstić information content (AvgIpc) is 2.67. The molecule has 1 aliphatic heterocycles. The van der Waals surface area contributed by atoms with Gasteiger partial charge >= 0.3 is 5.97 Å². The molecule has 0 radical (unpaired) electrons. The fourth-order valence-corrected chi connectivity index (χ4v) is 2.86. The summed E-state index contributed by atoms with van der Waals surface area (Å²) in [6, 6.07) is 7.26. The lowest BCUT2D eigenvalue weighted by atomic mass is 10.2. The molecule has 1 fully saturated rings. The number of carboxylic acids is 1. The predicted octanol–water partition coefficient (Wildman–Crippen LogP) is 2.62. The number of hydrogen-bond donors (Lipinski definition) is 1. The van der Waals surface area contributed by atoms with Crippen LogP contribution in [0.25, 0.3) is 6.08 Å². The Morgan fingerprint density at radius 2 is 2.10 bits per heavy atom. The maximum Gasteiger partial charge on any atom is 0.323 e. The largest absolute Gasteiger partial charge is 0.497 e. The fraction of sp³-hybridized carbons (Fsp3) is 0.154. The van der Waals surface area contributed by atoms with Crippen LogP contribution >= 0.6 is 24.0 Å². The molecule has 1 heterocycles. The van der Waals surface area contributed by atoms with Crippen molar-refractivity contribution in [2.45, 2.75) is 0 Å². The summed E-state index contributed by atoms with van der Waals surface area (Å²) in [6.45, 7) is -0.412. The second kappa shape index (κ2) is 6.06. The van der Waals surface area contributed by atoms with Crippen molar-refractivity contribution in [2.75, 3.05) is 13.7 Å². The second-order valence-corrected chi connectivity index (χ2v) is 5.31. The van der Waals surface area contributed by atoms with E-state index in [9.17, 15) is 9.59 Å². The van der Waals surface area contributed by atoms with E-state index >= 15 is 0 Å². The van der Waals surface area contributed by atoms with Gasteiger partial charge in [-0.05, 0) is 35.5 Å². The Hall–Kier alpha value is -1.86. The monoisotopic (exact) mass is 309 g/mol. The van der Waals surface area contributed by atoms with Crippen molar-refractivity contribution in [3.63, 3.8) is 0 Å². The van der Waals surface area contributed by atoms with Crippen molar-refractivity contribution >= 4 is 46.3 Å². The first-order chi connectivity index (χ1) is 9.51. The Morgan fingerprint density at radius 3 is 2.65 bits per heavy atom. The number of methoxy groups -OCH3 is 1. The van der Waals surface area contributed by atoms with Crippen molar-refractivity contribution in [3.05, 3.63) is 34.7 Å². The fourth-order valence-electron chi connectivity index (χ4n) is 1.62. The molecule has 1 aromatic rings. The normalized spacial score (nSPS) is 16.9. The predicted molar refractivity (Wildman–Crippen MR) is 80.9 cm³/mol. The van der Waals surface area contributed by atoms with E-state index in [2.05, 4.69) is 0 Å². The zero-order valence-electron chi connectivity index (χ0n) is 10.5. The molecule has 0 saturated carbocycles. The Bertz CT molecular complexity index is 595. The number of amides is 1. The molecule has 0 unspecified atom stereocenters. The third-order valence-corrected chi connectivity index (χ3v) is 4.08. The smallest absolute Gasteiger partial charge is 0.323 e. The number of aliphatic carboxylic acids is 1. The number of carboxylic acid groups (broad SMARTS) is 1. The number of hydrogen-bond acceptors (Lipinski definition) is 5. The molecule has 5 nitrogen and oxygen atoms in total. The highest BCUT2D eigenvalue weighted by atomic mass is 32.2. The summed E-state index contributed by atoms with van der Waals surface area (Å²) in [5.74, 6) is -0.357. The third kappa shape index (κ3) is 3.17. The van der Waals surface area contributed by atoms with Crippen molar-refractivity contribution < 1.29 is 19.4 Å². The molecule has 7 heteroatoms. The van der Waals surface area contributed by atoms with Gasteiger partial charge in [0.05, 0.1) is 12.0 Å². The van der Waals surface area contributed by atoms with Gasteiger partial charge in [-0.1, -0.05) is 24.4 Å². The molecule has 1 amide bonds. The number of rotatable bonds is 4. The SMILES string of the molecule is COc1ccc(C=C2SC(=O)N(CC(=O)O)C2=S)cc1. The van der Waals surface area contributed by atoms with E-state index in [4.69, 9.17) is 22.1 Å². The minimum atomic E-state index is -1.09. The number of nitrogens with zero attached hydrogens (tertiary/aromatic N) is 1. The summed E-state index contributed by atoms with van der Waals surface area (Å²) in [6.07, 6.45) is 1.76. The molecule has 1 aromatic carbocycles. The van der Waals surface area contributed by atoms with Gasteiger partial charge < -0.3 is 9.84 Å². The molecule has 0 bridgehead atoms. The number of thioether (sulfide) groups is 1. The van der Waals surface area contributed by atoms with Gasteiger partial charge in [0.1, 0.15) is 17.3 Å². The molecule has 0 spiro atoms. The zero-order chi connectivity index (χ0) is 14.7. The molecule has 104 valence electrons. The molecule has 0 aliphatic carbocycles. The highest BCUT2D eigenvalue weighted by Gasteiger charge is 2.32. The van der Waals surface area contributed by atoms with E-state index in [0.29, 0.717) is 4.91 Å². The van der Waals surface area contributed by atoms with Crippen LogP contribution in [-0.4, -0.2) is 39.9 Å². The van der Waals surface area contributed by atoms with Gasteiger partial charge in [-0.3, -0.25) is 14.5 Å². The van der Waals surface area contributed by atoms with Crippen LogP contribution in [0.5, 0.6) is 5.75 Å². The van der Waals surface area contributed by atoms with Crippen LogP contribution in [0.15, 0.2) is 29.2 Å². The molecule has 2 rings (SSSR count). The molecule has 1 saturated heterocycles. The number of thiocarbonyl (C=S) groups is 1. The summed E-state index contributed by atoms with van der Waals surface area (Å²) in [4.78, 5) is 24.3. The quantitative estimate of drug-likeness (QED) is 0.681. The molecule has 0 atom stereocenters. The Balaban J connectivity index is 2.20. The Kier molecular flexibility index (Phi) is 4.41. The van der Waals surface area contributed by atoms with E-state index in [-0.39, 0.29) is 10.2 Å². The number of benzene rings is 1. The summed E-state index contributed by atoms with van der Waals surface area (Å²) < 4.78 is 5.06. The lowest BCUT2D eigenvalue weighted by Gasteiger charge is -2.10.